The summed E-state index contributed by atoms with van der Waals surface area (Å²) in [5.41, 5.74) is 0. The van der Waals surface area contributed by atoms with Crippen LogP contribution in [0, 0.1) is 0 Å². The molecule has 0 bridgehead atoms. The van der Waals surface area contributed by atoms with Crippen LogP contribution in [-0.4, -0.2) is 88.9 Å². The topological polar surface area (TPSA) is 103 Å². The van der Waals surface area contributed by atoms with Crippen molar-refractivity contribution in [3.63, 3.8) is 0 Å². The third-order valence-electron chi connectivity index (χ3n) is 3.42. The second kappa shape index (κ2) is 8.11. The molecule has 0 aromatic rings. The summed E-state index contributed by atoms with van der Waals surface area (Å²) >= 11 is 0. The van der Waals surface area contributed by atoms with Crippen LogP contribution in [0.2, 0.25) is 0 Å². The molecule has 1 rings (SSSR count). The zero-order valence-corrected chi connectivity index (χ0v) is 11.5. The Morgan fingerprint density at radius 1 is 1.00 bits per heavy atom. The molecule has 1 aliphatic heterocycles. The number of rotatable bonds is 7. The largest absolute Gasteiger partial charge is 0.387 e. The molecule has 1 aliphatic rings. The van der Waals surface area contributed by atoms with Crippen LogP contribution in [0.4, 0.5) is 0 Å². The average molecular weight is 279 g/mol. The van der Waals surface area contributed by atoms with Crippen molar-refractivity contribution in [1.29, 1.82) is 0 Å². The number of likely N-dealkylation sites (N-methyl/N-ethyl adjacent to an activating group) is 1. The zero-order chi connectivity index (χ0) is 14.4. The van der Waals surface area contributed by atoms with Gasteiger partial charge in [0.2, 0.25) is 0 Å². The summed E-state index contributed by atoms with van der Waals surface area (Å²) in [5.74, 6) is 0. The zero-order valence-electron chi connectivity index (χ0n) is 11.5. The molecule has 0 amide bonds. The maximum atomic E-state index is 9.69. The number of aliphatic hydroxyl groups is 4. The second-order valence-corrected chi connectivity index (χ2v) is 4.64. The van der Waals surface area contributed by atoms with E-state index in [0.717, 1.165) is 19.6 Å². The Kier molecular flexibility index (Phi) is 7.16. The van der Waals surface area contributed by atoms with Crippen molar-refractivity contribution >= 4 is 0 Å². The molecule has 19 heavy (non-hydrogen) atoms. The van der Waals surface area contributed by atoms with Gasteiger partial charge >= 0.3 is 0 Å². The number of ether oxygens (including phenoxy) is 2. The predicted molar refractivity (Wildman–Crippen MR) is 67.5 cm³/mol. The Hall–Kier alpha value is -0.280. The van der Waals surface area contributed by atoms with Crippen molar-refractivity contribution in [3.05, 3.63) is 0 Å². The first-order valence-electron chi connectivity index (χ1n) is 6.69. The third kappa shape index (κ3) is 4.64. The van der Waals surface area contributed by atoms with Crippen LogP contribution < -0.4 is 0 Å². The Morgan fingerprint density at radius 3 is 2.21 bits per heavy atom. The minimum absolute atomic E-state index is 0.0588. The average Bonchev–Trinajstić information content (AvgIpc) is 2.42. The summed E-state index contributed by atoms with van der Waals surface area (Å²) in [5, 5.41) is 37.9. The summed E-state index contributed by atoms with van der Waals surface area (Å²) < 4.78 is 10.4. The van der Waals surface area contributed by atoms with Crippen LogP contribution in [0.1, 0.15) is 13.8 Å². The molecule has 5 atom stereocenters. The van der Waals surface area contributed by atoms with Gasteiger partial charge in [0.1, 0.15) is 24.4 Å². The van der Waals surface area contributed by atoms with Crippen molar-refractivity contribution in [2.45, 2.75) is 44.6 Å². The Morgan fingerprint density at radius 2 is 1.63 bits per heavy atom. The Balaban J connectivity index is 2.29. The minimum atomic E-state index is -1.50. The van der Waals surface area contributed by atoms with Gasteiger partial charge in [-0.1, -0.05) is 13.8 Å². The van der Waals surface area contributed by atoms with Gasteiger partial charge in [-0.25, -0.2) is 0 Å². The maximum absolute atomic E-state index is 9.69. The van der Waals surface area contributed by atoms with Crippen LogP contribution >= 0.6 is 0 Å². The molecule has 7 nitrogen and oxygen atoms in total. The minimum Gasteiger partial charge on any atom is -0.387 e. The van der Waals surface area contributed by atoms with E-state index in [1.54, 1.807) is 0 Å². The predicted octanol–water partition coefficient (Wildman–Crippen LogP) is -1.86. The van der Waals surface area contributed by atoms with Gasteiger partial charge in [-0.15, -0.1) is 0 Å². The first-order valence-corrected chi connectivity index (χ1v) is 6.69. The molecule has 4 N–H and O–H groups in total. The van der Waals surface area contributed by atoms with E-state index >= 15 is 0 Å². The van der Waals surface area contributed by atoms with Crippen LogP contribution in [0.15, 0.2) is 0 Å². The molecule has 0 radical (unpaired) electrons. The highest BCUT2D eigenvalue weighted by molar-refractivity contribution is 4.88. The highest BCUT2D eigenvalue weighted by Crippen LogP contribution is 2.19. The van der Waals surface area contributed by atoms with Crippen LogP contribution in [0.25, 0.3) is 0 Å². The van der Waals surface area contributed by atoms with E-state index in [2.05, 4.69) is 18.7 Å². The summed E-state index contributed by atoms with van der Waals surface area (Å²) in [4.78, 5) is 2.19. The smallest absolute Gasteiger partial charge is 0.184 e. The molecular formula is C12H25NO6. The van der Waals surface area contributed by atoms with Crippen LogP contribution in [0.3, 0.4) is 0 Å². The molecule has 0 aliphatic carbocycles. The van der Waals surface area contributed by atoms with Crippen LogP contribution in [-0.2, 0) is 9.47 Å². The summed E-state index contributed by atoms with van der Waals surface area (Å²) in [6.07, 6.45) is -6.55. The number of hydrogen-bond donors (Lipinski definition) is 4. The third-order valence-corrected chi connectivity index (χ3v) is 3.42. The van der Waals surface area contributed by atoms with Gasteiger partial charge in [0.15, 0.2) is 6.29 Å². The van der Waals surface area contributed by atoms with E-state index in [4.69, 9.17) is 9.47 Å². The van der Waals surface area contributed by atoms with Crippen molar-refractivity contribution < 1.29 is 29.9 Å². The van der Waals surface area contributed by atoms with E-state index < -0.39 is 30.7 Å². The lowest BCUT2D eigenvalue weighted by molar-refractivity contribution is -0.288. The van der Waals surface area contributed by atoms with E-state index in [1.165, 1.54) is 0 Å². The lowest BCUT2D eigenvalue weighted by Crippen LogP contribution is -2.58. The highest BCUT2D eigenvalue weighted by Gasteiger charge is 2.42. The van der Waals surface area contributed by atoms with Crippen molar-refractivity contribution in [1.82, 2.24) is 4.90 Å². The van der Waals surface area contributed by atoms with Crippen molar-refractivity contribution in [2.75, 3.05) is 32.8 Å². The molecule has 5 unspecified atom stereocenters. The molecule has 1 saturated heterocycles. The normalized spacial score (nSPS) is 35.8. The lowest BCUT2D eigenvalue weighted by Gasteiger charge is -2.38. The van der Waals surface area contributed by atoms with E-state index in [9.17, 15) is 20.4 Å². The molecule has 0 aromatic heterocycles. The summed E-state index contributed by atoms with van der Waals surface area (Å²) in [6, 6.07) is 0. The monoisotopic (exact) mass is 279 g/mol. The lowest BCUT2D eigenvalue weighted by atomic mass is 9.99. The Bertz CT molecular complexity index is 250. The van der Waals surface area contributed by atoms with Gasteiger partial charge in [-0.3, -0.25) is 0 Å². The summed E-state index contributed by atoms with van der Waals surface area (Å²) in [7, 11) is 0. The van der Waals surface area contributed by atoms with E-state index in [-0.39, 0.29) is 6.61 Å². The van der Waals surface area contributed by atoms with Gasteiger partial charge in [0.25, 0.3) is 0 Å². The van der Waals surface area contributed by atoms with Crippen LogP contribution in [0.5, 0.6) is 0 Å². The summed E-state index contributed by atoms with van der Waals surface area (Å²) in [6.45, 7) is 7.30. The van der Waals surface area contributed by atoms with E-state index in [0.29, 0.717) is 6.61 Å². The molecule has 1 heterocycles. The van der Waals surface area contributed by atoms with Gasteiger partial charge in [0.05, 0.1) is 13.2 Å². The fraction of sp³-hybridized carbons (Fsp3) is 1.00. The number of nitrogens with zero attached hydrogens (tertiary/aromatic N) is 1. The number of hydrogen-bond acceptors (Lipinski definition) is 7. The maximum Gasteiger partial charge on any atom is 0.184 e. The van der Waals surface area contributed by atoms with Crippen molar-refractivity contribution in [3.8, 4) is 0 Å². The molecular weight excluding hydrogens is 254 g/mol. The van der Waals surface area contributed by atoms with Gasteiger partial charge in [-0.2, -0.15) is 0 Å². The molecule has 0 aromatic carbocycles. The molecule has 1 fully saturated rings. The molecule has 114 valence electrons. The molecule has 0 saturated carbocycles. The number of aliphatic hydroxyl groups excluding tert-OH is 4. The fourth-order valence-electron chi connectivity index (χ4n) is 2.00. The quantitative estimate of drug-likeness (QED) is 0.405. The second-order valence-electron chi connectivity index (χ2n) is 4.64. The first kappa shape index (κ1) is 16.8. The van der Waals surface area contributed by atoms with E-state index in [1.807, 2.05) is 0 Å². The molecule has 7 heteroatoms. The molecule has 0 spiro atoms. The highest BCUT2D eigenvalue weighted by atomic mass is 16.6. The fourth-order valence-corrected chi connectivity index (χ4v) is 2.00. The standard InChI is InChI=1S/C12H25NO6/c1-3-13(4-2)5-6-18-7-8-9(14)10(15)11(16)12(17)19-8/h8-12,14-17H,3-7H2,1-2H3. The van der Waals surface area contributed by atoms with Gasteiger partial charge in [0, 0.05) is 6.54 Å². The first-order chi connectivity index (χ1) is 9.01. The Labute approximate surface area is 113 Å². The SMILES string of the molecule is CCN(CC)CCOCC1OC(O)C(O)C(O)C1O. The van der Waals surface area contributed by atoms with Gasteiger partial charge in [-0.05, 0) is 13.1 Å². The van der Waals surface area contributed by atoms with Crippen molar-refractivity contribution in [2.24, 2.45) is 0 Å². The van der Waals surface area contributed by atoms with Gasteiger partial charge < -0.3 is 34.8 Å².